The van der Waals surface area contributed by atoms with E-state index in [2.05, 4.69) is 35.1 Å². The molecule has 0 aliphatic carbocycles. The van der Waals surface area contributed by atoms with Gasteiger partial charge in [0.05, 0.1) is 5.56 Å². The van der Waals surface area contributed by atoms with Crippen molar-refractivity contribution in [1.29, 1.82) is 5.26 Å². The molecule has 1 aromatic rings. The van der Waals surface area contributed by atoms with E-state index >= 15 is 0 Å². The van der Waals surface area contributed by atoms with Crippen molar-refractivity contribution in [3.05, 3.63) is 22.8 Å². The fourth-order valence-electron chi connectivity index (χ4n) is 2.06. The number of aromatic nitrogens is 1. The summed E-state index contributed by atoms with van der Waals surface area (Å²) in [6.07, 6.45) is 1.63. The van der Waals surface area contributed by atoms with Crippen LogP contribution in [0.25, 0.3) is 0 Å². The van der Waals surface area contributed by atoms with Crippen LogP contribution >= 0.6 is 11.6 Å². The normalized spacial score (nSPS) is 18.8. The maximum atomic E-state index is 8.95. The monoisotopic (exact) mass is 250 g/mol. The molecular weight excluding hydrogens is 236 g/mol. The number of pyridine rings is 1. The Bertz CT molecular complexity index is 464. The van der Waals surface area contributed by atoms with E-state index in [1.165, 1.54) is 0 Å². The van der Waals surface area contributed by atoms with E-state index in [0.29, 0.717) is 16.4 Å². The SMILES string of the molecule is CC1(C)CN(c2nccc(C#N)c2Cl)CCN1. The summed E-state index contributed by atoms with van der Waals surface area (Å²) in [6.45, 7) is 6.85. The number of hydrogen-bond acceptors (Lipinski definition) is 4. The highest BCUT2D eigenvalue weighted by Crippen LogP contribution is 2.28. The van der Waals surface area contributed by atoms with Gasteiger partial charge in [-0.25, -0.2) is 4.98 Å². The van der Waals surface area contributed by atoms with Crippen LogP contribution in [0.2, 0.25) is 5.02 Å². The van der Waals surface area contributed by atoms with Crippen LogP contribution in [0.15, 0.2) is 12.3 Å². The molecule has 1 aliphatic heterocycles. The summed E-state index contributed by atoms with van der Waals surface area (Å²) in [5.41, 5.74) is 0.513. The van der Waals surface area contributed by atoms with Crippen LogP contribution in [-0.2, 0) is 0 Å². The van der Waals surface area contributed by atoms with Gasteiger partial charge in [0.1, 0.15) is 16.9 Å². The van der Waals surface area contributed by atoms with Crippen LogP contribution < -0.4 is 10.2 Å². The van der Waals surface area contributed by atoms with Crippen molar-refractivity contribution in [2.75, 3.05) is 24.5 Å². The predicted molar refractivity (Wildman–Crippen MR) is 68.3 cm³/mol. The van der Waals surface area contributed by atoms with Gasteiger partial charge in [-0.1, -0.05) is 11.6 Å². The van der Waals surface area contributed by atoms with Crippen LogP contribution in [-0.4, -0.2) is 30.2 Å². The molecule has 1 aromatic heterocycles. The number of halogens is 1. The van der Waals surface area contributed by atoms with E-state index < -0.39 is 0 Å². The van der Waals surface area contributed by atoms with E-state index in [-0.39, 0.29) is 5.54 Å². The molecule has 0 unspecified atom stereocenters. The van der Waals surface area contributed by atoms with Gasteiger partial charge in [-0.3, -0.25) is 0 Å². The largest absolute Gasteiger partial charge is 0.352 e. The highest BCUT2D eigenvalue weighted by Gasteiger charge is 2.27. The van der Waals surface area contributed by atoms with E-state index in [1.54, 1.807) is 12.3 Å². The highest BCUT2D eigenvalue weighted by molar-refractivity contribution is 6.34. The van der Waals surface area contributed by atoms with Gasteiger partial charge >= 0.3 is 0 Å². The van der Waals surface area contributed by atoms with Crippen LogP contribution in [0.4, 0.5) is 5.82 Å². The summed E-state index contributed by atoms with van der Waals surface area (Å²) >= 11 is 6.19. The lowest BCUT2D eigenvalue weighted by Crippen LogP contribution is -2.57. The number of nitriles is 1. The summed E-state index contributed by atoms with van der Waals surface area (Å²) in [5, 5.41) is 12.8. The second kappa shape index (κ2) is 4.52. The van der Waals surface area contributed by atoms with E-state index in [0.717, 1.165) is 19.6 Å². The smallest absolute Gasteiger partial charge is 0.148 e. The zero-order chi connectivity index (χ0) is 12.5. The molecule has 17 heavy (non-hydrogen) atoms. The Morgan fingerprint density at radius 2 is 2.35 bits per heavy atom. The zero-order valence-corrected chi connectivity index (χ0v) is 10.8. The third kappa shape index (κ3) is 2.51. The van der Waals surface area contributed by atoms with Crippen molar-refractivity contribution in [1.82, 2.24) is 10.3 Å². The van der Waals surface area contributed by atoms with Crippen molar-refractivity contribution in [3.63, 3.8) is 0 Å². The van der Waals surface area contributed by atoms with Gasteiger partial charge in [0.25, 0.3) is 0 Å². The summed E-state index contributed by atoms with van der Waals surface area (Å²) in [7, 11) is 0. The van der Waals surface area contributed by atoms with Crippen LogP contribution in [0.5, 0.6) is 0 Å². The average Bonchev–Trinajstić information content (AvgIpc) is 2.28. The molecule has 1 fully saturated rings. The van der Waals surface area contributed by atoms with E-state index in [4.69, 9.17) is 16.9 Å². The number of anilines is 1. The van der Waals surface area contributed by atoms with Crippen molar-refractivity contribution in [2.24, 2.45) is 0 Å². The Morgan fingerprint density at radius 3 is 3.00 bits per heavy atom. The quantitative estimate of drug-likeness (QED) is 0.826. The molecule has 0 aromatic carbocycles. The van der Waals surface area contributed by atoms with Gasteiger partial charge in [0, 0.05) is 31.4 Å². The molecule has 0 atom stereocenters. The lowest BCUT2D eigenvalue weighted by molar-refractivity contribution is 0.352. The van der Waals surface area contributed by atoms with Gasteiger partial charge in [-0.2, -0.15) is 5.26 Å². The Labute approximate surface area is 106 Å². The average molecular weight is 251 g/mol. The van der Waals surface area contributed by atoms with E-state index in [1.807, 2.05) is 0 Å². The molecule has 1 aliphatic rings. The molecule has 0 saturated carbocycles. The first-order valence-electron chi connectivity index (χ1n) is 5.58. The number of nitrogens with one attached hydrogen (secondary N) is 1. The maximum absolute atomic E-state index is 8.95. The molecule has 0 amide bonds. The van der Waals surface area contributed by atoms with Crippen molar-refractivity contribution in [3.8, 4) is 6.07 Å². The van der Waals surface area contributed by atoms with Crippen molar-refractivity contribution >= 4 is 17.4 Å². The minimum Gasteiger partial charge on any atom is -0.352 e. The second-order valence-corrected chi connectivity index (χ2v) is 5.22. The summed E-state index contributed by atoms with van der Waals surface area (Å²) in [4.78, 5) is 6.42. The number of rotatable bonds is 1. The summed E-state index contributed by atoms with van der Waals surface area (Å²) in [5.74, 6) is 0.709. The Hall–Kier alpha value is -1.31. The Balaban J connectivity index is 2.32. The number of hydrogen-bond donors (Lipinski definition) is 1. The molecule has 1 N–H and O–H groups in total. The lowest BCUT2D eigenvalue weighted by atomic mass is 10.0. The molecule has 1 saturated heterocycles. The van der Waals surface area contributed by atoms with Gasteiger partial charge in [-0.15, -0.1) is 0 Å². The van der Waals surface area contributed by atoms with Crippen LogP contribution in [0.1, 0.15) is 19.4 Å². The van der Waals surface area contributed by atoms with Gasteiger partial charge in [-0.05, 0) is 19.9 Å². The number of piperazine rings is 1. The van der Waals surface area contributed by atoms with Crippen molar-refractivity contribution in [2.45, 2.75) is 19.4 Å². The first-order valence-corrected chi connectivity index (χ1v) is 5.96. The predicted octanol–water partition coefficient (Wildman–Crippen LogP) is 1.79. The molecule has 5 heteroatoms. The van der Waals surface area contributed by atoms with Crippen LogP contribution in [0.3, 0.4) is 0 Å². The standard InChI is InChI=1S/C12H15ClN4/c1-12(2)8-17(6-5-16-12)11-10(13)9(7-14)3-4-15-11/h3-4,16H,5-6,8H2,1-2H3. The highest BCUT2D eigenvalue weighted by atomic mass is 35.5. The molecule has 4 nitrogen and oxygen atoms in total. The van der Waals surface area contributed by atoms with Gasteiger partial charge in [0.15, 0.2) is 0 Å². The molecule has 2 heterocycles. The summed E-state index contributed by atoms with van der Waals surface area (Å²) in [6, 6.07) is 3.72. The fraction of sp³-hybridized carbons (Fsp3) is 0.500. The maximum Gasteiger partial charge on any atom is 0.148 e. The number of nitrogens with zero attached hydrogens (tertiary/aromatic N) is 3. The first-order chi connectivity index (χ1) is 8.03. The molecule has 0 radical (unpaired) electrons. The van der Waals surface area contributed by atoms with Gasteiger partial charge in [0.2, 0.25) is 0 Å². The van der Waals surface area contributed by atoms with Gasteiger partial charge < -0.3 is 10.2 Å². The fourth-order valence-corrected chi connectivity index (χ4v) is 2.34. The Kier molecular flexibility index (Phi) is 3.23. The summed E-state index contributed by atoms with van der Waals surface area (Å²) < 4.78 is 0. The minimum atomic E-state index is 0.0336. The second-order valence-electron chi connectivity index (χ2n) is 4.84. The van der Waals surface area contributed by atoms with E-state index in [9.17, 15) is 0 Å². The zero-order valence-electron chi connectivity index (χ0n) is 10.00. The lowest BCUT2D eigenvalue weighted by Gasteiger charge is -2.40. The third-order valence-electron chi connectivity index (χ3n) is 2.86. The molecule has 90 valence electrons. The molecule has 0 spiro atoms. The van der Waals surface area contributed by atoms with Crippen LogP contribution in [0, 0.1) is 11.3 Å². The molecule has 0 bridgehead atoms. The topological polar surface area (TPSA) is 52.0 Å². The van der Waals surface area contributed by atoms with Crippen molar-refractivity contribution < 1.29 is 0 Å². The molecule has 2 rings (SSSR count). The third-order valence-corrected chi connectivity index (χ3v) is 3.23. The Morgan fingerprint density at radius 1 is 1.59 bits per heavy atom. The first kappa shape index (κ1) is 12.2. The minimum absolute atomic E-state index is 0.0336. The molecular formula is C12H15ClN4.